The van der Waals surface area contributed by atoms with Crippen molar-refractivity contribution >= 4 is 17.6 Å². The Morgan fingerprint density at radius 1 is 1.10 bits per heavy atom. The van der Waals surface area contributed by atoms with E-state index in [-0.39, 0.29) is 5.91 Å². The minimum absolute atomic E-state index is 0.219. The Morgan fingerprint density at radius 2 is 1.69 bits per heavy atom. The van der Waals surface area contributed by atoms with Crippen LogP contribution in [0.25, 0.3) is 5.69 Å². The van der Waals surface area contributed by atoms with E-state index >= 15 is 0 Å². The Balaban J connectivity index is 0.000000370. The molecule has 3 aromatic rings. The lowest BCUT2D eigenvalue weighted by molar-refractivity contribution is -0.192. The normalized spacial score (nSPS) is 10.8. The lowest BCUT2D eigenvalue weighted by Gasteiger charge is -2.08. The highest BCUT2D eigenvalue weighted by molar-refractivity contribution is 6.02. The third-order valence-electron chi connectivity index (χ3n) is 3.84. The van der Waals surface area contributed by atoms with Crippen LogP contribution in [0.2, 0.25) is 0 Å². The van der Waals surface area contributed by atoms with Crippen molar-refractivity contribution in [2.24, 2.45) is 7.05 Å². The van der Waals surface area contributed by atoms with Crippen molar-refractivity contribution < 1.29 is 27.9 Å². The smallest absolute Gasteiger partial charge is 0.475 e. The van der Waals surface area contributed by atoms with Crippen LogP contribution in [0.3, 0.4) is 0 Å². The summed E-state index contributed by atoms with van der Waals surface area (Å²) in [5, 5.41) is 14.0. The predicted molar refractivity (Wildman–Crippen MR) is 97.9 cm³/mol. The fraction of sp³-hybridized carbons (Fsp3) is 0.222. The first-order valence-corrected chi connectivity index (χ1v) is 8.21. The molecule has 3 rings (SSSR count). The summed E-state index contributed by atoms with van der Waals surface area (Å²) < 4.78 is 35.3. The van der Waals surface area contributed by atoms with Crippen molar-refractivity contribution in [2.45, 2.75) is 20.0 Å². The second-order valence-corrected chi connectivity index (χ2v) is 5.96. The SMILES string of the molecule is Cc1ncn(-c2ccc(NC(=O)c3ccn(C)n3)cc2)c1C.O=C(O)C(F)(F)F. The molecule has 0 radical (unpaired) electrons. The zero-order valence-electron chi connectivity index (χ0n) is 15.7. The molecule has 0 aliphatic heterocycles. The number of aromatic nitrogens is 4. The molecule has 0 spiro atoms. The van der Waals surface area contributed by atoms with Gasteiger partial charge in [-0.25, -0.2) is 9.78 Å². The highest BCUT2D eigenvalue weighted by Gasteiger charge is 2.38. The first-order chi connectivity index (χ1) is 13.5. The molecule has 29 heavy (non-hydrogen) atoms. The van der Waals surface area contributed by atoms with Gasteiger partial charge in [-0.1, -0.05) is 0 Å². The maximum atomic E-state index is 12.0. The molecular formula is C18H18F3N5O3. The van der Waals surface area contributed by atoms with Gasteiger partial charge in [0.1, 0.15) is 0 Å². The largest absolute Gasteiger partial charge is 0.490 e. The van der Waals surface area contributed by atoms with E-state index in [0.29, 0.717) is 5.69 Å². The minimum Gasteiger partial charge on any atom is -0.475 e. The number of alkyl halides is 3. The summed E-state index contributed by atoms with van der Waals surface area (Å²) in [6, 6.07) is 9.31. The number of nitrogens with zero attached hydrogens (tertiary/aromatic N) is 4. The molecule has 154 valence electrons. The molecule has 2 heterocycles. The van der Waals surface area contributed by atoms with Gasteiger partial charge in [-0.15, -0.1) is 0 Å². The second-order valence-electron chi connectivity index (χ2n) is 5.96. The molecule has 8 nitrogen and oxygen atoms in total. The van der Waals surface area contributed by atoms with Crippen LogP contribution in [0.1, 0.15) is 21.9 Å². The molecule has 0 fully saturated rings. The number of hydrogen-bond donors (Lipinski definition) is 2. The molecule has 0 aliphatic rings. The van der Waals surface area contributed by atoms with E-state index in [1.807, 2.05) is 42.7 Å². The molecular weight excluding hydrogens is 391 g/mol. The molecule has 11 heteroatoms. The van der Waals surface area contributed by atoms with E-state index < -0.39 is 12.1 Å². The molecule has 0 unspecified atom stereocenters. The van der Waals surface area contributed by atoms with Crippen LogP contribution in [-0.2, 0) is 11.8 Å². The lowest BCUT2D eigenvalue weighted by Crippen LogP contribution is -2.21. The summed E-state index contributed by atoms with van der Waals surface area (Å²) in [6.07, 6.45) is -1.55. The average Bonchev–Trinajstić information content (AvgIpc) is 3.22. The summed E-state index contributed by atoms with van der Waals surface area (Å²) in [6.45, 7) is 4.01. The summed E-state index contributed by atoms with van der Waals surface area (Å²) in [5.41, 5.74) is 4.24. The zero-order chi connectivity index (χ0) is 21.8. The van der Waals surface area contributed by atoms with Gasteiger partial charge in [0.2, 0.25) is 0 Å². The van der Waals surface area contributed by atoms with Gasteiger partial charge in [0.25, 0.3) is 5.91 Å². The molecule has 1 aromatic carbocycles. The number of carbonyl (C=O) groups excluding carboxylic acids is 1. The van der Waals surface area contributed by atoms with Gasteiger partial charge in [-0.3, -0.25) is 9.48 Å². The minimum atomic E-state index is -5.08. The fourth-order valence-corrected chi connectivity index (χ4v) is 2.20. The first-order valence-electron chi connectivity index (χ1n) is 8.21. The number of rotatable bonds is 3. The molecule has 0 atom stereocenters. The van der Waals surface area contributed by atoms with Crippen LogP contribution in [0.4, 0.5) is 18.9 Å². The number of aryl methyl sites for hydroxylation is 2. The van der Waals surface area contributed by atoms with Crippen molar-refractivity contribution in [3.63, 3.8) is 0 Å². The molecule has 0 aliphatic carbocycles. The molecule has 0 bridgehead atoms. The monoisotopic (exact) mass is 409 g/mol. The van der Waals surface area contributed by atoms with Gasteiger partial charge < -0.3 is 15.0 Å². The molecule has 0 saturated heterocycles. The van der Waals surface area contributed by atoms with Crippen molar-refractivity contribution in [1.82, 2.24) is 19.3 Å². The van der Waals surface area contributed by atoms with Crippen molar-refractivity contribution in [1.29, 1.82) is 0 Å². The van der Waals surface area contributed by atoms with Gasteiger partial charge in [0.05, 0.1) is 12.0 Å². The van der Waals surface area contributed by atoms with Crippen LogP contribution in [-0.4, -0.2) is 42.5 Å². The molecule has 2 aromatic heterocycles. The Morgan fingerprint density at radius 3 is 2.10 bits per heavy atom. The predicted octanol–water partition coefficient (Wildman–Crippen LogP) is 3.11. The third kappa shape index (κ3) is 5.67. The number of imidazole rings is 1. The lowest BCUT2D eigenvalue weighted by atomic mass is 10.2. The number of anilines is 1. The van der Waals surface area contributed by atoms with E-state index in [9.17, 15) is 18.0 Å². The number of amides is 1. The fourth-order valence-electron chi connectivity index (χ4n) is 2.20. The van der Waals surface area contributed by atoms with E-state index in [0.717, 1.165) is 22.8 Å². The first kappa shape index (κ1) is 21.7. The van der Waals surface area contributed by atoms with E-state index in [2.05, 4.69) is 15.4 Å². The number of carboxylic acid groups (broad SMARTS) is 1. The van der Waals surface area contributed by atoms with E-state index in [1.54, 1.807) is 30.3 Å². The molecule has 0 saturated carbocycles. The number of benzene rings is 1. The maximum Gasteiger partial charge on any atom is 0.490 e. The Labute approximate surface area is 163 Å². The summed E-state index contributed by atoms with van der Waals surface area (Å²) in [7, 11) is 1.78. The summed E-state index contributed by atoms with van der Waals surface area (Å²) in [4.78, 5) is 25.2. The van der Waals surface area contributed by atoms with Crippen LogP contribution in [0, 0.1) is 13.8 Å². The van der Waals surface area contributed by atoms with Crippen LogP contribution in [0.5, 0.6) is 0 Å². The number of carbonyl (C=O) groups is 2. The number of carboxylic acids is 1. The highest BCUT2D eigenvalue weighted by Crippen LogP contribution is 2.17. The standard InChI is InChI=1S/C16H17N5O.C2HF3O2/c1-11-12(2)21(10-17-11)14-6-4-13(5-7-14)18-16(22)15-8-9-20(3)19-15;3-2(4,5)1(6)7/h4-10H,1-3H3,(H,18,22);(H,6,7). The van der Waals surface area contributed by atoms with Crippen LogP contribution in [0.15, 0.2) is 42.9 Å². The van der Waals surface area contributed by atoms with Crippen LogP contribution >= 0.6 is 0 Å². The second kappa shape index (κ2) is 8.59. The van der Waals surface area contributed by atoms with Crippen LogP contribution < -0.4 is 5.32 Å². The Hall–Kier alpha value is -3.63. The van der Waals surface area contributed by atoms with E-state index in [1.165, 1.54) is 0 Å². The quantitative estimate of drug-likeness (QED) is 0.692. The summed E-state index contributed by atoms with van der Waals surface area (Å²) >= 11 is 0. The van der Waals surface area contributed by atoms with Crippen molar-refractivity contribution in [2.75, 3.05) is 5.32 Å². The van der Waals surface area contributed by atoms with Gasteiger partial charge in [-0.05, 0) is 44.2 Å². The Kier molecular flexibility index (Phi) is 6.42. The van der Waals surface area contributed by atoms with E-state index in [4.69, 9.17) is 9.90 Å². The number of hydrogen-bond acceptors (Lipinski definition) is 4. The van der Waals surface area contributed by atoms with Gasteiger partial charge in [0, 0.05) is 30.3 Å². The zero-order valence-corrected chi connectivity index (χ0v) is 15.7. The molecule has 2 N–H and O–H groups in total. The maximum absolute atomic E-state index is 12.0. The Bertz CT molecular complexity index is 1010. The number of halogens is 3. The number of aliphatic carboxylic acids is 1. The topological polar surface area (TPSA) is 102 Å². The summed E-state index contributed by atoms with van der Waals surface area (Å²) in [5.74, 6) is -2.98. The van der Waals surface area contributed by atoms with Crippen molar-refractivity contribution in [3.8, 4) is 5.69 Å². The molecule has 1 amide bonds. The average molecular weight is 409 g/mol. The number of nitrogens with one attached hydrogen (secondary N) is 1. The highest BCUT2D eigenvalue weighted by atomic mass is 19.4. The van der Waals surface area contributed by atoms with Gasteiger partial charge in [-0.2, -0.15) is 18.3 Å². The van der Waals surface area contributed by atoms with Crippen molar-refractivity contribution in [3.05, 3.63) is 59.9 Å². The van der Waals surface area contributed by atoms with Gasteiger partial charge in [0.15, 0.2) is 5.69 Å². The third-order valence-corrected chi connectivity index (χ3v) is 3.84. The van der Waals surface area contributed by atoms with Gasteiger partial charge >= 0.3 is 12.1 Å².